The Morgan fingerprint density at radius 1 is 0.727 bits per heavy atom. The maximum atomic E-state index is 13.0. The fourth-order valence-corrected chi connectivity index (χ4v) is 5.99. The van der Waals surface area contributed by atoms with Crippen LogP contribution in [0.1, 0.15) is 126 Å². The van der Waals surface area contributed by atoms with E-state index in [2.05, 4.69) is 35.0 Å². The first-order valence-electron chi connectivity index (χ1n) is 17.1. The second kappa shape index (κ2) is 20.7. The summed E-state index contributed by atoms with van der Waals surface area (Å²) in [5.41, 5.74) is 2.63. The zero-order chi connectivity index (χ0) is 31.4. The molecule has 7 nitrogen and oxygen atoms in total. The first kappa shape index (κ1) is 35.3. The molecule has 0 radical (unpaired) electrons. The minimum Gasteiger partial charge on any atom is -0.493 e. The number of aryl methyl sites for hydroxylation is 1. The number of carbonyl (C=O) groups excluding carboxylic acids is 1. The Hall–Kier alpha value is -3.22. The summed E-state index contributed by atoms with van der Waals surface area (Å²) in [5.74, 6) is 2.20. The highest BCUT2D eigenvalue weighted by atomic mass is 16.5. The van der Waals surface area contributed by atoms with E-state index in [4.69, 9.17) is 19.2 Å². The van der Waals surface area contributed by atoms with Crippen LogP contribution >= 0.6 is 0 Å². The summed E-state index contributed by atoms with van der Waals surface area (Å²) < 4.78 is 18.5. The Balaban J connectivity index is 1.37. The molecule has 0 saturated carbocycles. The molecule has 44 heavy (non-hydrogen) atoms. The van der Waals surface area contributed by atoms with Gasteiger partial charge in [-0.15, -0.1) is 0 Å². The second-order valence-corrected chi connectivity index (χ2v) is 11.9. The van der Waals surface area contributed by atoms with Gasteiger partial charge < -0.3 is 24.1 Å². The predicted molar refractivity (Wildman–Crippen MR) is 181 cm³/mol. The minimum atomic E-state index is -0.190. The van der Waals surface area contributed by atoms with Crippen LogP contribution in [0.3, 0.4) is 0 Å². The summed E-state index contributed by atoms with van der Waals surface area (Å²) >= 11 is 0. The van der Waals surface area contributed by atoms with Crippen molar-refractivity contribution in [3.8, 4) is 17.2 Å². The number of aromatic nitrogens is 2. The van der Waals surface area contributed by atoms with Gasteiger partial charge in [0.2, 0.25) is 5.75 Å². The fraction of sp³-hybridized carbons (Fsp3) is 0.622. The van der Waals surface area contributed by atoms with E-state index < -0.39 is 0 Å². The number of fused-ring (bicyclic) bond motifs is 1. The van der Waals surface area contributed by atoms with Crippen molar-refractivity contribution in [3.63, 3.8) is 0 Å². The van der Waals surface area contributed by atoms with Crippen molar-refractivity contribution >= 4 is 16.9 Å². The van der Waals surface area contributed by atoms with Crippen molar-refractivity contribution in [1.29, 1.82) is 0 Å². The smallest absolute Gasteiger partial charge is 0.251 e. The topological polar surface area (TPSA) is 74.6 Å². The van der Waals surface area contributed by atoms with Gasteiger partial charge in [0.1, 0.15) is 5.82 Å². The molecule has 0 aliphatic carbocycles. The van der Waals surface area contributed by atoms with Crippen LogP contribution in [0.2, 0.25) is 0 Å². The van der Waals surface area contributed by atoms with E-state index >= 15 is 0 Å². The molecule has 244 valence electrons. The molecular weight excluding hydrogens is 550 g/mol. The number of hydrogen-bond acceptors (Lipinski definition) is 5. The van der Waals surface area contributed by atoms with E-state index in [0.29, 0.717) is 35.8 Å². The van der Waals surface area contributed by atoms with Crippen LogP contribution < -0.4 is 19.5 Å². The number of nitrogens with one attached hydrogen (secondary N) is 1. The Morgan fingerprint density at radius 2 is 1.25 bits per heavy atom. The molecule has 3 aromatic rings. The summed E-state index contributed by atoms with van der Waals surface area (Å²) in [5, 5.41) is 3.04. The molecule has 0 saturated heterocycles. The summed E-state index contributed by atoms with van der Waals surface area (Å²) in [4.78, 5) is 17.9. The highest BCUT2D eigenvalue weighted by Gasteiger charge is 2.17. The van der Waals surface area contributed by atoms with Crippen LogP contribution in [0.25, 0.3) is 11.0 Å². The molecule has 7 heteroatoms. The third kappa shape index (κ3) is 11.4. The molecule has 0 aliphatic rings. The number of carbonyl (C=O) groups is 1. The Bertz CT molecular complexity index is 1210. The lowest BCUT2D eigenvalue weighted by atomic mass is 10.0. The fourth-order valence-electron chi connectivity index (χ4n) is 5.99. The summed E-state index contributed by atoms with van der Waals surface area (Å²) in [6.45, 7) is 3.72. The van der Waals surface area contributed by atoms with Gasteiger partial charge in [0.05, 0.1) is 32.4 Å². The summed E-state index contributed by atoms with van der Waals surface area (Å²) in [6.07, 6.45) is 22.5. The molecule has 3 rings (SSSR count). The molecule has 1 heterocycles. The monoisotopic (exact) mass is 607 g/mol. The van der Waals surface area contributed by atoms with Gasteiger partial charge in [-0.05, 0) is 30.7 Å². The molecular formula is C37H57N3O4. The van der Waals surface area contributed by atoms with Crippen molar-refractivity contribution in [2.75, 3.05) is 27.9 Å². The number of nitrogens with zero attached hydrogens (tertiary/aromatic N) is 2. The molecule has 1 aromatic heterocycles. The molecule has 0 unspecified atom stereocenters. The lowest BCUT2D eigenvalue weighted by molar-refractivity contribution is 0.0953. The standard InChI is InChI=1S/C37H57N3O4/c1-5-6-7-8-9-10-11-12-13-14-15-16-17-18-19-22-27-40-32-24-21-20-23-31(32)39-35(40)25-26-38-37(41)30-28-33(42-2)36(44-4)34(29-30)43-3/h20-21,23-24,28-29H,5-19,22,25-27H2,1-4H3,(H,38,41). The maximum absolute atomic E-state index is 13.0. The number of benzene rings is 2. The molecule has 1 amide bonds. The van der Waals surface area contributed by atoms with Crippen LogP contribution in [0, 0.1) is 0 Å². The lowest BCUT2D eigenvalue weighted by Crippen LogP contribution is -2.26. The Kier molecular flexibility index (Phi) is 16.6. The molecule has 0 atom stereocenters. The van der Waals surface area contributed by atoms with Crippen LogP contribution in [-0.2, 0) is 13.0 Å². The number of unbranched alkanes of at least 4 members (excludes halogenated alkanes) is 15. The van der Waals surface area contributed by atoms with Crippen molar-refractivity contribution in [2.24, 2.45) is 0 Å². The third-order valence-electron chi connectivity index (χ3n) is 8.53. The number of methoxy groups -OCH3 is 3. The minimum absolute atomic E-state index is 0.190. The highest BCUT2D eigenvalue weighted by Crippen LogP contribution is 2.38. The van der Waals surface area contributed by atoms with Crippen LogP contribution in [-0.4, -0.2) is 43.3 Å². The van der Waals surface area contributed by atoms with Gasteiger partial charge in [-0.25, -0.2) is 4.98 Å². The maximum Gasteiger partial charge on any atom is 0.251 e. The number of para-hydroxylation sites is 2. The molecule has 0 spiro atoms. The van der Waals surface area contributed by atoms with Crippen LogP contribution in [0.4, 0.5) is 0 Å². The third-order valence-corrected chi connectivity index (χ3v) is 8.53. The normalized spacial score (nSPS) is 11.2. The molecule has 0 aliphatic heterocycles. The number of ether oxygens (including phenoxy) is 3. The van der Waals surface area contributed by atoms with E-state index in [0.717, 1.165) is 24.3 Å². The van der Waals surface area contributed by atoms with Crippen molar-refractivity contribution in [2.45, 2.75) is 123 Å². The van der Waals surface area contributed by atoms with Gasteiger partial charge in [0, 0.05) is 25.1 Å². The van der Waals surface area contributed by atoms with Crippen LogP contribution in [0.15, 0.2) is 36.4 Å². The van der Waals surface area contributed by atoms with Gasteiger partial charge in [0.15, 0.2) is 11.5 Å². The zero-order valence-electron chi connectivity index (χ0n) is 27.9. The molecule has 1 N–H and O–H groups in total. The highest BCUT2D eigenvalue weighted by molar-refractivity contribution is 5.95. The second-order valence-electron chi connectivity index (χ2n) is 11.9. The van der Waals surface area contributed by atoms with Gasteiger partial charge >= 0.3 is 0 Å². The summed E-state index contributed by atoms with van der Waals surface area (Å²) in [6, 6.07) is 11.7. The van der Waals surface area contributed by atoms with Crippen molar-refractivity contribution in [1.82, 2.24) is 14.9 Å². The van der Waals surface area contributed by atoms with Gasteiger partial charge in [-0.3, -0.25) is 4.79 Å². The van der Waals surface area contributed by atoms with Gasteiger partial charge in [0.25, 0.3) is 5.91 Å². The van der Waals surface area contributed by atoms with E-state index in [-0.39, 0.29) is 5.91 Å². The summed E-state index contributed by atoms with van der Waals surface area (Å²) in [7, 11) is 4.64. The lowest BCUT2D eigenvalue weighted by Gasteiger charge is -2.14. The quantitative estimate of drug-likeness (QED) is 0.103. The Morgan fingerprint density at radius 3 is 1.77 bits per heavy atom. The number of rotatable bonds is 24. The first-order valence-corrected chi connectivity index (χ1v) is 17.1. The number of hydrogen-bond donors (Lipinski definition) is 1. The number of amides is 1. The molecule has 0 fully saturated rings. The average molecular weight is 608 g/mol. The van der Waals surface area contributed by atoms with E-state index in [1.165, 1.54) is 102 Å². The van der Waals surface area contributed by atoms with Gasteiger partial charge in [-0.2, -0.15) is 0 Å². The molecule has 0 bridgehead atoms. The SMILES string of the molecule is CCCCCCCCCCCCCCCCCCn1c(CCNC(=O)c2cc(OC)c(OC)c(OC)c2)nc2ccccc21. The van der Waals surface area contributed by atoms with Crippen molar-refractivity contribution < 1.29 is 19.0 Å². The van der Waals surface area contributed by atoms with E-state index in [1.54, 1.807) is 33.5 Å². The largest absolute Gasteiger partial charge is 0.493 e. The first-order chi connectivity index (χ1) is 21.6. The average Bonchev–Trinajstić information content (AvgIpc) is 3.40. The zero-order valence-corrected chi connectivity index (χ0v) is 27.9. The van der Waals surface area contributed by atoms with Crippen molar-refractivity contribution in [3.05, 3.63) is 47.8 Å². The van der Waals surface area contributed by atoms with E-state index in [9.17, 15) is 4.79 Å². The molecule has 2 aromatic carbocycles. The van der Waals surface area contributed by atoms with Gasteiger partial charge in [-0.1, -0.05) is 115 Å². The Labute approximate surface area is 266 Å². The van der Waals surface area contributed by atoms with E-state index in [1.807, 2.05) is 6.07 Å². The number of imidazole rings is 1. The predicted octanol–water partition coefficient (Wildman–Crippen LogP) is 9.30. The van der Waals surface area contributed by atoms with Crippen LogP contribution in [0.5, 0.6) is 17.2 Å².